The van der Waals surface area contributed by atoms with Gasteiger partial charge in [0.25, 0.3) is 11.6 Å². The van der Waals surface area contributed by atoms with Crippen LogP contribution in [0.4, 0.5) is 0 Å². The molecule has 2 unspecified atom stereocenters. The molecule has 1 N–H and O–H groups in total. The van der Waals surface area contributed by atoms with Gasteiger partial charge in [0, 0.05) is 18.2 Å². The van der Waals surface area contributed by atoms with Crippen molar-refractivity contribution in [3.8, 4) is 0 Å². The zero-order valence-electron chi connectivity index (χ0n) is 15.9. The van der Waals surface area contributed by atoms with E-state index in [4.69, 9.17) is 4.52 Å². The first-order valence-electron chi connectivity index (χ1n) is 9.70. The minimum atomic E-state index is -0.947. The van der Waals surface area contributed by atoms with Gasteiger partial charge >= 0.3 is 5.97 Å². The van der Waals surface area contributed by atoms with Gasteiger partial charge in [-0.3, -0.25) is 4.79 Å². The molecule has 2 fully saturated rings. The molecular formula is C20H25N3O4. The zero-order chi connectivity index (χ0) is 19.3. The number of aromatic nitrogens is 2. The van der Waals surface area contributed by atoms with E-state index in [1.165, 1.54) is 4.90 Å². The van der Waals surface area contributed by atoms with Gasteiger partial charge in [-0.25, -0.2) is 9.78 Å². The molecule has 2 atom stereocenters. The number of carbonyl (C=O) groups excluding carboxylic acids is 1. The number of hydrogen-bond acceptors (Lipinski definition) is 5. The van der Waals surface area contributed by atoms with Crippen molar-refractivity contribution < 1.29 is 19.2 Å². The van der Waals surface area contributed by atoms with Crippen molar-refractivity contribution in [2.45, 2.75) is 64.3 Å². The van der Waals surface area contributed by atoms with Crippen LogP contribution in [0.15, 0.2) is 10.6 Å². The second-order valence-corrected chi connectivity index (χ2v) is 8.25. The van der Waals surface area contributed by atoms with Crippen LogP contribution in [0.2, 0.25) is 0 Å². The molecule has 1 aliphatic heterocycles. The van der Waals surface area contributed by atoms with Crippen molar-refractivity contribution in [2.75, 3.05) is 6.54 Å². The quantitative estimate of drug-likeness (QED) is 0.883. The summed E-state index contributed by atoms with van der Waals surface area (Å²) in [4.78, 5) is 31.3. The van der Waals surface area contributed by atoms with Gasteiger partial charge in [-0.1, -0.05) is 25.9 Å². The van der Waals surface area contributed by atoms with Crippen LogP contribution < -0.4 is 0 Å². The van der Waals surface area contributed by atoms with Gasteiger partial charge < -0.3 is 14.5 Å². The van der Waals surface area contributed by atoms with Crippen LogP contribution in [-0.4, -0.2) is 44.6 Å². The molecule has 0 radical (unpaired) electrons. The molecule has 2 aromatic heterocycles. The molecule has 1 saturated carbocycles. The number of likely N-dealkylation sites (tertiary alicyclic amines) is 1. The Hall–Kier alpha value is -2.44. The standard InChI is InChI=1S/C20H25N3O4/c1-10(2)17-16-13(9-14(12-4-5-12)21-18(16)27-22-17)19(24)23-7-6-11(3)8-15(23)20(25)26/h9-12,15H,4-8H2,1-3H3,(H,25,26). The Balaban J connectivity index is 1.82. The van der Waals surface area contributed by atoms with Gasteiger partial charge in [0.05, 0.1) is 16.6 Å². The third-order valence-electron chi connectivity index (χ3n) is 5.68. The Kier molecular flexibility index (Phi) is 4.40. The lowest BCUT2D eigenvalue weighted by Crippen LogP contribution is -2.49. The number of amides is 1. The molecule has 0 bridgehead atoms. The maximum absolute atomic E-state index is 13.5. The minimum absolute atomic E-state index is 0.0722. The van der Waals surface area contributed by atoms with E-state index in [1.807, 2.05) is 26.8 Å². The summed E-state index contributed by atoms with van der Waals surface area (Å²) in [6.45, 7) is 6.46. The van der Waals surface area contributed by atoms with E-state index >= 15 is 0 Å². The SMILES string of the molecule is CC1CCN(C(=O)c2cc(C3CC3)nc3onc(C(C)C)c23)C(C(=O)O)C1. The molecule has 27 heavy (non-hydrogen) atoms. The van der Waals surface area contributed by atoms with E-state index in [2.05, 4.69) is 10.1 Å². The monoisotopic (exact) mass is 371 g/mol. The maximum Gasteiger partial charge on any atom is 0.326 e. The fourth-order valence-corrected chi connectivity index (χ4v) is 3.92. The number of pyridine rings is 1. The second-order valence-electron chi connectivity index (χ2n) is 8.25. The molecule has 1 aliphatic carbocycles. The van der Waals surface area contributed by atoms with Gasteiger partial charge in [-0.15, -0.1) is 0 Å². The summed E-state index contributed by atoms with van der Waals surface area (Å²) in [5.41, 5.74) is 2.39. The maximum atomic E-state index is 13.5. The molecule has 2 aliphatic rings. The summed E-state index contributed by atoms with van der Waals surface area (Å²) >= 11 is 0. The molecule has 0 aromatic carbocycles. The average molecular weight is 371 g/mol. The highest BCUT2D eigenvalue weighted by atomic mass is 16.5. The number of rotatable bonds is 4. The number of hydrogen-bond donors (Lipinski definition) is 1. The Morgan fingerprint density at radius 3 is 2.67 bits per heavy atom. The molecule has 1 amide bonds. The largest absolute Gasteiger partial charge is 0.480 e. The second kappa shape index (κ2) is 6.62. The Bertz CT molecular complexity index is 900. The molecule has 4 rings (SSSR count). The van der Waals surface area contributed by atoms with Crippen LogP contribution in [0.25, 0.3) is 11.1 Å². The number of nitrogens with zero attached hydrogens (tertiary/aromatic N) is 3. The molecule has 3 heterocycles. The summed E-state index contributed by atoms with van der Waals surface area (Å²) in [5, 5.41) is 14.4. The fourth-order valence-electron chi connectivity index (χ4n) is 3.92. The average Bonchev–Trinajstić information content (AvgIpc) is 3.39. The molecule has 2 aromatic rings. The normalized spacial score (nSPS) is 23.2. The summed E-state index contributed by atoms with van der Waals surface area (Å²) in [7, 11) is 0. The minimum Gasteiger partial charge on any atom is -0.480 e. The summed E-state index contributed by atoms with van der Waals surface area (Å²) in [6.07, 6.45) is 3.39. The third kappa shape index (κ3) is 3.19. The Labute approximate surface area is 157 Å². The van der Waals surface area contributed by atoms with E-state index in [0.29, 0.717) is 41.2 Å². The number of piperidine rings is 1. The predicted octanol–water partition coefficient (Wildman–Crippen LogP) is 3.55. The summed E-state index contributed by atoms with van der Waals surface area (Å²) in [6, 6.07) is 1.04. The molecule has 144 valence electrons. The van der Waals surface area contributed by atoms with E-state index in [9.17, 15) is 14.7 Å². The number of aliphatic carboxylic acids is 1. The lowest BCUT2D eigenvalue weighted by atomic mass is 9.91. The van der Waals surface area contributed by atoms with Crippen LogP contribution in [0.3, 0.4) is 0 Å². The summed E-state index contributed by atoms with van der Waals surface area (Å²) in [5.74, 6) is -0.490. The summed E-state index contributed by atoms with van der Waals surface area (Å²) < 4.78 is 5.45. The van der Waals surface area contributed by atoms with E-state index < -0.39 is 12.0 Å². The first-order valence-corrected chi connectivity index (χ1v) is 9.70. The van der Waals surface area contributed by atoms with Crippen molar-refractivity contribution in [3.63, 3.8) is 0 Å². The van der Waals surface area contributed by atoms with Crippen molar-refractivity contribution in [3.05, 3.63) is 23.0 Å². The molecule has 7 nitrogen and oxygen atoms in total. The van der Waals surface area contributed by atoms with Crippen LogP contribution in [0.5, 0.6) is 0 Å². The number of carboxylic acid groups (broad SMARTS) is 1. The van der Waals surface area contributed by atoms with Gasteiger partial charge in [-0.05, 0) is 43.6 Å². The zero-order valence-corrected chi connectivity index (χ0v) is 15.9. The number of carbonyl (C=O) groups is 2. The van der Waals surface area contributed by atoms with Crippen molar-refractivity contribution in [1.82, 2.24) is 15.0 Å². The van der Waals surface area contributed by atoms with E-state index in [1.54, 1.807) is 0 Å². The highest BCUT2D eigenvalue weighted by Crippen LogP contribution is 2.41. The van der Waals surface area contributed by atoms with E-state index in [0.717, 1.165) is 25.0 Å². The van der Waals surface area contributed by atoms with E-state index in [-0.39, 0.29) is 17.7 Å². The molecule has 7 heteroatoms. The van der Waals surface area contributed by atoms with Crippen LogP contribution in [0.1, 0.15) is 80.0 Å². The topological polar surface area (TPSA) is 96.5 Å². The predicted molar refractivity (Wildman–Crippen MR) is 98.7 cm³/mol. The first kappa shape index (κ1) is 17.9. The number of fused-ring (bicyclic) bond motifs is 1. The van der Waals surface area contributed by atoms with Crippen molar-refractivity contribution >= 4 is 23.0 Å². The van der Waals surface area contributed by atoms with Crippen LogP contribution in [0, 0.1) is 5.92 Å². The van der Waals surface area contributed by atoms with Crippen molar-refractivity contribution in [2.24, 2.45) is 5.92 Å². The Morgan fingerprint density at radius 1 is 1.30 bits per heavy atom. The highest BCUT2D eigenvalue weighted by molar-refractivity contribution is 6.07. The Morgan fingerprint density at radius 2 is 2.04 bits per heavy atom. The van der Waals surface area contributed by atoms with Gasteiger partial charge in [0.15, 0.2) is 0 Å². The molecule has 0 spiro atoms. The third-order valence-corrected chi connectivity index (χ3v) is 5.68. The highest BCUT2D eigenvalue weighted by Gasteiger charge is 2.37. The molecule has 1 saturated heterocycles. The first-order chi connectivity index (χ1) is 12.9. The fraction of sp³-hybridized carbons (Fsp3) is 0.600. The van der Waals surface area contributed by atoms with Gasteiger partial charge in [0.1, 0.15) is 6.04 Å². The smallest absolute Gasteiger partial charge is 0.326 e. The lowest BCUT2D eigenvalue weighted by Gasteiger charge is -2.36. The lowest BCUT2D eigenvalue weighted by molar-refractivity contribution is -0.144. The van der Waals surface area contributed by atoms with Crippen LogP contribution in [-0.2, 0) is 4.79 Å². The number of carboxylic acids is 1. The van der Waals surface area contributed by atoms with Crippen molar-refractivity contribution in [1.29, 1.82) is 0 Å². The van der Waals surface area contributed by atoms with Crippen LogP contribution >= 0.6 is 0 Å². The van der Waals surface area contributed by atoms with Gasteiger partial charge in [0.2, 0.25) is 0 Å². The van der Waals surface area contributed by atoms with Gasteiger partial charge in [-0.2, -0.15) is 0 Å². The molecular weight excluding hydrogens is 346 g/mol.